The average molecular weight is 394 g/mol. The fraction of sp³-hybridized carbons (Fsp3) is 0.458. The van der Waals surface area contributed by atoms with Crippen molar-refractivity contribution in [1.29, 1.82) is 0 Å². The fourth-order valence-electron chi connectivity index (χ4n) is 4.55. The highest BCUT2D eigenvalue weighted by atomic mass is 16.3. The Morgan fingerprint density at radius 1 is 1.07 bits per heavy atom. The summed E-state index contributed by atoms with van der Waals surface area (Å²) in [5, 5.41) is 13.4. The zero-order valence-electron chi connectivity index (χ0n) is 17.0. The minimum Gasteiger partial charge on any atom is -0.390 e. The molecular weight excluding hydrogens is 362 g/mol. The van der Waals surface area contributed by atoms with Crippen LogP contribution >= 0.6 is 0 Å². The number of piperidine rings is 1. The first kappa shape index (κ1) is 19.9. The molecule has 0 bridgehead atoms. The number of aliphatic hydroxyl groups excluding tert-OH is 1. The van der Waals surface area contributed by atoms with E-state index in [-0.39, 0.29) is 6.03 Å². The van der Waals surface area contributed by atoms with Crippen molar-refractivity contribution >= 4 is 6.03 Å². The van der Waals surface area contributed by atoms with Crippen LogP contribution in [-0.4, -0.2) is 59.8 Å². The number of likely N-dealkylation sites (tertiary alicyclic amines) is 1. The van der Waals surface area contributed by atoms with Crippen LogP contribution in [0.1, 0.15) is 35.4 Å². The molecule has 2 aromatic carbocycles. The van der Waals surface area contributed by atoms with Crippen molar-refractivity contribution in [3.05, 3.63) is 71.3 Å². The first-order valence-electron chi connectivity index (χ1n) is 10.7. The van der Waals surface area contributed by atoms with E-state index in [0.717, 1.165) is 45.4 Å². The number of urea groups is 1. The van der Waals surface area contributed by atoms with Gasteiger partial charge in [-0.1, -0.05) is 54.6 Å². The van der Waals surface area contributed by atoms with Gasteiger partial charge in [-0.15, -0.1) is 0 Å². The van der Waals surface area contributed by atoms with Crippen molar-refractivity contribution in [1.82, 2.24) is 15.1 Å². The topological polar surface area (TPSA) is 55.8 Å². The largest absolute Gasteiger partial charge is 0.390 e. The number of nitrogens with one attached hydrogen (secondary N) is 1. The molecule has 0 radical (unpaired) electrons. The number of hydrogen-bond donors (Lipinski definition) is 2. The quantitative estimate of drug-likeness (QED) is 0.821. The summed E-state index contributed by atoms with van der Waals surface area (Å²) >= 11 is 0. The fourth-order valence-corrected chi connectivity index (χ4v) is 4.55. The van der Waals surface area contributed by atoms with Crippen molar-refractivity contribution in [2.75, 3.05) is 32.7 Å². The lowest BCUT2D eigenvalue weighted by Gasteiger charge is -2.34. The number of hydrogen-bond acceptors (Lipinski definition) is 3. The summed E-state index contributed by atoms with van der Waals surface area (Å²) in [7, 11) is 0. The SMILES string of the molecule is O=C(NC[C@H](O)CN1CCc2ccccc2C1)N1CCC[C@@H](c2ccccc2)C1. The number of amides is 2. The lowest BCUT2D eigenvalue weighted by atomic mass is 9.91. The summed E-state index contributed by atoms with van der Waals surface area (Å²) < 4.78 is 0. The summed E-state index contributed by atoms with van der Waals surface area (Å²) in [6.45, 7) is 4.23. The van der Waals surface area contributed by atoms with Gasteiger partial charge >= 0.3 is 6.03 Å². The molecule has 2 N–H and O–H groups in total. The van der Waals surface area contributed by atoms with E-state index in [1.54, 1.807) is 0 Å². The molecule has 4 rings (SSSR count). The predicted molar refractivity (Wildman–Crippen MR) is 115 cm³/mol. The third kappa shape index (κ3) is 5.17. The zero-order chi connectivity index (χ0) is 20.1. The lowest BCUT2D eigenvalue weighted by Crippen LogP contribution is -2.48. The van der Waals surface area contributed by atoms with Crippen LogP contribution < -0.4 is 5.32 Å². The van der Waals surface area contributed by atoms with Crippen LogP contribution in [0.15, 0.2) is 54.6 Å². The Hall–Kier alpha value is -2.37. The molecule has 0 aliphatic carbocycles. The molecule has 2 atom stereocenters. The Morgan fingerprint density at radius 3 is 2.66 bits per heavy atom. The Kier molecular flexibility index (Phi) is 6.47. The maximum absolute atomic E-state index is 12.6. The van der Waals surface area contributed by atoms with Gasteiger partial charge in [-0.2, -0.15) is 0 Å². The second-order valence-corrected chi connectivity index (χ2v) is 8.29. The van der Waals surface area contributed by atoms with Crippen LogP contribution in [0.4, 0.5) is 4.79 Å². The van der Waals surface area contributed by atoms with Crippen LogP contribution in [-0.2, 0) is 13.0 Å². The molecule has 0 unspecified atom stereocenters. The predicted octanol–water partition coefficient (Wildman–Crippen LogP) is 2.99. The van der Waals surface area contributed by atoms with E-state index in [1.165, 1.54) is 16.7 Å². The van der Waals surface area contributed by atoms with E-state index in [2.05, 4.69) is 58.7 Å². The molecule has 2 aliphatic heterocycles. The standard InChI is InChI=1S/C24H31N3O2/c28-23(18-26-14-12-20-9-4-5-10-21(20)16-26)15-25-24(29)27-13-6-11-22(17-27)19-7-2-1-3-8-19/h1-5,7-10,22-23,28H,6,11-18H2,(H,25,29)/t22-,23+/m1/s1. The number of fused-ring (bicyclic) bond motifs is 1. The van der Waals surface area contributed by atoms with E-state index in [1.807, 2.05) is 11.0 Å². The second-order valence-electron chi connectivity index (χ2n) is 8.29. The van der Waals surface area contributed by atoms with Gasteiger partial charge in [0.05, 0.1) is 6.10 Å². The normalized spacial score (nSPS) is 20.7. The van der Waals surface area contributed by atoms with E-state index < -0.39 is 6.10 Å². The smallest absolute Gasteiger partial charge is 0.317 e. The third-order valence-electron chi connectivity index (χ3n) is 6.15. The number of β-amino-alcohol motifs (C(OH)–C–C–N with tert-alkyl or cyclic N) is 1. The molecule has 2 amide bonds. The molecule has 2 aromatic rings. The van der Waals surface area contributed by atoms with E-state index in [9.17, 15) is 9.90 Å². The molecule has 29 heavy (non-hydrogen) atoms. The van der Waals surface area contributed by atoms with E-state index in [0.29, 0.717) is 19.0 Å². The highest BCUT2D eigenvalue weighted by molar-refractivity contribution is 5.74. The molecule has 0 spiro atoms. The van der Waals surface area contributed by atoms with Crippen LogP contribution in [0.5, 0.6) is 0 Å². The average Bonchev–Trinajstić information content (AvgIpc) is 2.78. The van der Waals surface area contributed by atoms with Crippen molar-refractivity contribution < 1.29 is 9.90 Å². The zero-order valence-corrected chi connectivity index (χ0v) is 17.0. The number of rotatable bonds is 5. The molecule has 1 fully saturated rings. The van der Waals surface area contributed by atoms with Crippen LogP contribution in [0.3, 0.4) is 0 Å². The number of benzene rings is 2. The van der Waals surface area contributed by atoms with Crippen molar-refractivity contribution in [3.63, 3.8) is 0 Å². The summed E-state index contributed by atoms with van der Waals surface area (Å²) in [6, 6.07) is 18.9. The van der Waals surface area contributed by atoms with E-state index >= 15 is 0 Å². The molecule has 5 heteroatoms. The Morgan fingerprint density at radius 2 is 1.83 bits per heavy atom. The number of carbonyl (C=O) groups excluding carboxylic acids is 1. The van der Waals surface area contributed by atoms with Crippen molar-refractivity contribution in [3.8, 4) is 0 Å². The molecule has 0 aromatic heterocycles. The monoisotopic (exact) mass is 393 g/mol. The summed E-state index contributed by atoms with van der Waals surface area (Å²) in [5.41, 5.74) is 4.05. The number of nitrogens with zero attached hydrogens (tertiary/aromatic N) is 2. The van der Waals surface area contributed by atoms with Crippen LogP contribution in [0, 0.1) is 0 Å². The van der Waals surface area contributed by atoms with Gasteiger partial charge in [0.15, 0.2) is 0 Å². The van der Waals surface area contributed by atoms with Crippen molar-refractivity contribution in [2.24, 2.45) is 0 Å². The molecule has 5 nitrogen and oxygen atoms in total. The maximum Gasteiger partial charge on any atom is 0.317 e. The van der Waals surface area contributed by atoms with Gasteiger partial charge < -0.3 is 15.3 Å². The van der Waals surface area contributed by atoms with Gasteiger partial charge in [0.25, 0.3) is 0 Å². The van der Waals surface area contributed by atoms with Gasteiger partial charge in [-0.3, -0.25) is 4.90 Å². The van der Waals surface area contributed by atoms with Gasteiger partial charge in [0.1, 0.15) is 0 Å². The molecule has 0 saturated carbocycles. The number of carbonyl (C=O) groups is 1. The summed E-state index contributed by atoms with van der Waals surface area (Å²) in [4.78, 5) is 16.8. The molecule has 2 heterocycles. The summed E-state index contributed by atoms with van der Waals surface area (Å²) in [5.74, 6) is 0.397. The molecule has 154 valence electrons. The summed E-state index contributed by atoms with van der Waals surface area (Å²) in [6.07, 6.45) is 2.60. The molecular formula is C24H31N3O2. The maximum atomic E-state index is 12.6. The molecule has 2 aliphatic rings. The first-order valence-corrected chi connectivity index (χ1v) is 10.7. The van der Waals surface area contributed by atoms with Gasteiger partial charge in [0, 0.05) is 45.2 Å². The van der Waals surface area contributed by atoms with Gasteiger partial charge in [-0.25, -0.2) is 4.79 Å². The second kappa shape index (κ2) is 9.42. The Balaban J connectivity index is 1.23. The Bertz CT molecular complexity index is 811. The highest BCUT2D eigenvalue weighted by Crippen LogP contribution is 2.26. The highest BCUT2D eigenvalue weighted by Gasteiger charge is 2.25. The van der Waals surface area contributed by atoms with Gasteiger partial charge in [0.2, 0.25) is 0 Å². The van der Waals surface area contributed by atoms with Crippen LogP contribution in [0.25, 0.3) is 0 Å². The lowest BCUT2D eigenvalue weighted by molar-refractivity contribution is 0.102. The minimum atomic E-state index is -0.557. The van der Waals surface area contributed by atoms with Gasteiger partial charge in [-0.05, 0) is 36.0 Å². The van der Waals surface area contributed by atoms with Crippen LogP contribution in [0.2, 0.25) is 0 Å². The van der Waals surface area contributed by atoms with Crippen molar-refractivity contribution in [2.45, 2.75) is 37.8 Å². The Labute approximate surface area is 173 Å². The third-order valence-corrected chi connectivity index (χ3v) is 6.15. The minimum absolute atomic E-state index is 0.0614. The molecule has 1 saturated heterocycles. The number of aliphatic hydroxyl groups is 1. The first-order chi connectivity index (χ1) is 14.2. The van der Waals surface area contributed by atoms with E-state index in [4.69, 9.17) is 0 Å².